The number of nitriles is 1. The molecule has 2 aliphatic rings. The van der Waals surface area contributed by atoms with Crippen LogP contribution in [0.15, 0.2) is 36.7 Å². The molecule has 2 aromatic rings. The molecule has 1 aromatic heterocycles. The average molecular weight is 334 g/mol. The minimum Gasteiger partial charge on any atom is -0.331 e. The van der Waals surface area contributed by atoms with Gasteiger partial charge in [-0.3, -0.25) is 0 Å². The van der Waals surface area contributed by atoms with Crippen molar-refractivity contribution in [3.05, 3.63) is 42.2 Å². The van der Waals surface area contributed by atoms with Gasteiger partial charge in [0.1, 0.15) is 5.82 Å². The van der Waals surface area contributed by atoms with Crippen molar-refractivity contribution < 1.29 is 0 Å². The van der Waals surface area contributed by atoms with Crippen molar-refractivity contribution in [3.63, 3.8) is 0 Å². The molecule has 1 aromatic carbocycles. The van der Waals surface area contributed by atoms with Crippen LogP contribution in [-0.2, 0) is 6.54 Å². The molecule has 0 bridgehead atoms. The summed E-state index contributed by atoms with van der Waals surface area (Å²) in [6, 6.07) is 10.8. The average Bonchev–Trinajstić information content (AvgIpc) is 3.15. The molecule has 2 fully saturated rings. The summed E-state index contributed by atoms with van der Waals surface area (Å²) in [4.78, 5) is 7.29. The second-order valence-electron chi connectivity index (χ2n) is 7.43. The highest BCUT2D eigenvalue weighted by Gasteiger charge is 2.32. The molecule has 2 aliphatic heterocycles. The minimum absolute atomic E-state index is 0.692. The van der Waals surface area contributed by atoms with E-state index in [1.807, 2.05) is 30.5 Å². The molecule has 130 valence electrons. The Bertz CT molecular complexity index is 755. The molecule has 4 heteroatoms. The van der Waals surface area contributed by atoms with Gasteiger partial charge in [0.05, 0.1) is 11.6 Å². The summed E-state index contributed by atoms with van der Waals surface area (Å²) in [5.74, 6) is 1.79. The molecule has 0 aliphatic carbocycles. The lowest BCUT2D eigenvalue weighted by Gasteiger charge is -2.44. The van der Waals surface area contributed by atoms with E-state index in [1.165, 1.54) is 51.6 Å². The monoisotopic (exact) mass is 334 g/mol. The summed E-state index contributed by atoms with van der Waals surface area (Å²) in [6.07, 6.45) is 12.1. The lowest BCUT2D eigenvalue weighted by Crippen LogP contribution is -2.48. The van der Waals surface area contributed by atoms with Crippen LogP contribution < -0.4 is 0 Å². The van der Waals surface area contributed by atoms with E-state index >= 15 is 0 Å². The number of benzene rings is 1. The second-order valence-corrected chi connectivity index (χ2v) is 7.43. The van der Waals surface area contributed by atoms with E-state index in [1.54, 1.807) is 0 Å². The summed E-state index contributed by atoms with van der Waals surface area (Å²) >= 11 is 0. The van der Waals surface area contributed by atoms with E-state index in [-0.39, 0.29) is 0 Å². The van der Waals surface area contributed by atoms with Gasteiger partial charge in [-0.25, -0.2) is 4.98 Å². The highest BCUT2D eigenvalue weighted by Crippen LogP contribution is 2.33. The summed E-state index contributed by atoms with van der Waals surface area (Å²) < 4.78 is 2.26. The van der Waals surface area contributed by atoms with Crippen LogP contribution in [0.2, 0.25) is 0 Å². The first-order valence-electron chi connectivity index (χ1n) is 9.61. The van der Waals surface area contributed by atoms with Gasteiger partial charge in [0.2, 0.25) is 0 Å². The number of rotatable bonds is 4. The van der Waals surface area contributed by atoms with E-state index in [4.69, 9.17) is 5.26 Å². The number of nitrogens with zero attached hydrogens (tertiary/aromatic N) is 4. The maximum Gasteiger partial charge on any atom is 0.139 e. The summed E-state index contributed by atoms with van der Waals surface area (Å²) in [5.41, 5.74) is 1.73. The Morgan fingerprint density at radius 1 is 1.16 bits per heavy atom. The maximum atomic E-state index is 9.13. The first-order chi connectivity index (χ1) is 12.3. The molecular weight excluding hydrogens is 308 g/mol. The Kier molecular flexibility index (Phi) is 4.85. The number of imidazole rings is 1. The largest absolute Gasteiger partial charge is 0.331 e. The van der Waals surface area contributed by atoms with Crippen LogP contribution in [0.3, 0.4) is 0 Å². The van der Waals surface area contributed by atoms with Gasteiger partial charge in [-0.05, 0) is 63.2 Å². The third-order valence-corrected chi connectivity index (χ3v) is 5.93. The third-order valence-electron chi connectivity index (χ3n) is 5.93. The fourth-order valence-corrected chi connectivity index (χ4v) is 4.70. The van der Waals surface area contributed by atoms with Crippen molar-refractivity contribution in [1.29, 1.82) is 5.26 Å². The topological polar surface area (TPSA) is 44.9 Å². The second kappa shape index (κ2) is 7.41. The summed E-state index contributed by atoms with van der Waals surface area (Å²) in [5, 5.41) is 9.13. The fourth-order valence-electron chi connectivity index (χ4n) is 4.70. The van der Waals surface area contributed by atoms with Gasteiger partial charge < -0.3 is 9.47 Å². The molecule has 25 heavy (non-hydrogen) atoms. The third kappa shape index (κ3) is 3.48. The molecular formula is C21H26N4. The molecule has 0 amide bonds. The number of hydrogen-bond acceptors (Lipinski definition) is 3. The van der Waals surface area contributed by atoms with Gasteiger partial charge in [0.25, 0.3) is 0 Å². The van der Waals surface area contributed by atoms with Crippen LogP contribution in [0, 0.1) is 17.2 Å². The smallest absolute Gasteiger partial charge is 0.139 e. The lowest BCUT2D eigenvalue weighted by atomic mass is 9.81. The Hall–Kier alpha value is -2.12. The van der Waals surface area contributed by atoms with Crippen LogP contribution in [0.25, 0.3) is 11.4 Å². The van der Waals surface area contributed by atoms with Gasteiger partial charge in [-0.2, -0.15) is 5.26 Å². The van der Waals surface area contributed by atoms with Crippen molar-refractivity contribution in [2.75, 3.05) is 13.1 Å². The standard InChI is InChI=1S/C21H26N4/c22-16-17-5-3-6-19(15-17)21-23-10-14-25(21)13-9-18-7-4-12-24-11-2-1-8-20(18)24/h3,5-6,10,14-15,18,20H,1-2,4,7-9,11-13H2/t18-,20+/m0/s1. The molecule has 0 spiro atoms. The van der Waals surface area contributed by atoms with Crippen LogP contribution in [0.4, 0.5) is 0 Å². The van der Waals surface area contributed by atoms with Crippen molar-refractivity contribution in [2.45, 2.75) is 51.1 Å². The van der Waals surface area contributed by atoms with Crippen molar-refractivity contribution in [3.8, 4) is 17.5 Å². The Morgan fingerprint density at radius 3 is 3.00 bits per heavy atom. The summed E-state index contributed by atoms with van der Waals surface area (Å²) in [7, 11) is 0. The number of hydrogen-bond donors (Lipinski definition) is 0. The van der Waals surface area contributed by atoms with Gasteiger partial charge >= 0.3 is 0 Å². The predicted molar refractivity (Wildman–Crippen MR) is 98.9 cm³/mol. The molecule has 2 saturated heterocycles. The number of aryl methyl sites for hydroxylation is 1. The van der Waals surface area contributed by atoms with Crippen LogP contribution in [0.5, 0.6) is 0 Å². The molecule has 3 heterocycles. The maximum absolute atomic E-state index is 9.13. The van der Waals surface area contributed by atoms with E-state index in [9.17, 15) is 0 Å². The van der Waals surface area contributed by atoms with Crippen LogP contribution >= 0.6 is 0 Å². The zero-order chi connectivity index (χ0) is 17.1. The van der Waals surface area contributed by atoms with E-state index in [2.05, 4.69) is 26.7 Å². The normalized spacial score (nSPS) is 23.8. The number of piperidine rings is 2. The quantitative estimate of drug-likeness (QED) is 0.846. The molecule has 0 N–H and O–H groups in total. The molecule has 4 nitrogen and oxygen atoms in total. The highest BCUT2D eigenvalue weighted by molar-refractivity contribution is 5.58. The first-order valence-corrected chi connectivity index (χ1v) is 9.61. The van der Waals surface area contributed by atoms with Crippen molar-refractivity contribution in [1.82, 2.24) is 14.5 Å². The summed E-state index contributed by atoms with van der Waals surface area (Å²) in [6.45, 7) is 3.62. The van der Waals surface area contributed by atoms with Crippen LogP contribution in [0.1, 0.15) is 44.1 Å². The number of fused-ring (bicyclic) bond motifs is 1. The SMILES string of the molecule is N#Cc1cccc(-c2nccn2CC[C@@H]2CCCN3CCCC[C@H]23)c1. The van der Waals surface area contributed by atoms with Gasteiger partial charge in [-0.1, -0.05) is 18.6 Å². The van der Waals surface area contributed by atoms with E-state index < -0.39 is 0 Å². The molecule has 0 unspecified atom stereocenters. The Labute approximate surface area is 150 Å². The van der Waals surface area contributed by atoms with Gasteiger partial charge in [-0.15, -0.1) is 0 Å². The zero-order valence-electron chi connectivity index (χ0n) is 14.8. The molecule has 4 rings (SSSR count). The fraction of sp³-hybridized carbons (Fsp3) is 0.524. The van der Waals surface area contributed by atoms with Gasteiger partial charge in [0.15, 0.2) is 0 Å². The Balaban J connectivity index is 1.47. The molecule has 0 saturated carbocycles. The molecule has 2 atom stereocenters. The predicted octanol–water partition coefficient (Wildman–Crippen LogP) is 4.08. The van der Waals surface area contributed by atoms with E-state index in [0.717, 1.165) is 29.9 Å². The van der Waals surface area contributed by atoms with Crippen molar-refractivity contribution >= 4 is 0 Å². The van der Waals surface area contributed by atoms with E-state index in [0.29, 0.717) is 5.56 Å². The van der Waals surface area contributed by atoms with Crippen LogP contribution in [-0.4, -0.2) is 33.6 Å². The molecule has 0 radical (unpaired) electrons. The highest BCUT2D eigenvalue weighted by atomic mass is 15.2. The lowest BCUT2D eigenvalue weighted by molar-refractivity contribution is 0.0539. The minimum atomic E-state index is 0.692. The van der Waals surface area contributed by atoms with Crippen molar-refractivity contribution in [2.24, 2.45) is 5.92 Å². The van der Waals surface area contributed by atoms with Gasteiger partial charge in [0, 0.05) is 30.5 Å². The first kappa shape index (κ1) is 16.4. The zero-order valence-corrected chi connectivity index (χ0v) is 14.8. The number of aromatic nitrogens is 2. The Morgan fingerprint density at radius 2 is 2.08 bits per heavy atom.